The van der Waals surface area contributed by atoms with Gasteiger partial charge >= 0.3 is 6.09 Å². The fourth-order valence-corrected chi connectivity index (χ4v) is 7.54. The summed E-state index contributed by atoms with van der Waals surface area (Å²) >= 11 is 1.90. The van der Waals surface area contributed by atoms with Gasteiger partial charge < -0.3 is 19.4 Å². The molecule has 2 bridgehead atoms. The molecule has 0 radical (unpaired) electrons. The van der Waals surface area contributed by atoms with E-state index < -0.39 is 0 Å². The number of amides is 1. The summed E-state index contributed by atoms with van der Waals surface area (Å²) < 4.78 is 8.22. The highest BCUT2D eigenvalue weighted by Crippen LogP contribution is 2.42. The number of fused-ring (bicyclic) bond motifs is 2. The van der Waals surface area contributed by atoms with Crippen molar-refractivity contribution in [1.29, 1.82) is 0 Å². The van der Waals surface area contributed by atoms with Crippen LogP contribution in [0.5, 0.6) is 0 Å². The molecule has 3 fully saturated rings. The molecule has 0 aliphatic carbocycles. The van der Waals surface area contributed by atoms with E-state index in [0.717, 1.165) is 31.5 Å². The van der Waals surface area contributed by atoms with Crippen LogP contribution < -0.4 is 9.80 Å². The van der Waals surface area contributed by atoms with Crippen LogP contribution in [0.25, 0.3) is 0 Å². The molecule has 0 saturated carbocycles. The minimum absolute atomic E-state index is 0.198. The third-order valence-corrected chi connectivity index (χ3v) is 9.70. The first-order valence-corrected chi connectivity index (χ1v) is 15.4. The molecule has 2 unspecified atom stereocenters. The predicted molar refractivity (Wildman–Crippen MR) is 164 cm³/mol. The van der Waals surface area contributed by atoms with Crippen LogP contribution in [-0.4, -0.2) is 67.7 Å². The Balaban J connectivity index is 1.11. The smallest absolute Gasteiger partial charge is 0.410 e. The molecule has 3 aromatic rings. The lowest BCUT2D eigenvalue weighted by Gasteiger charge is -2.43. The van der Waals surface area contributed by atoms with Gasteiger partial charge in [0.25, 0.3) is 0 Å². The zero-order valence-corrected chi connectivity index (χ0v) is 24.4. The molecule has 1 amide bonds. The normalized spacial score (nSPS) is 21.4. The number of carbonyl (C=O) groups excluding carboxylic acids is 1. The number of hydrogen-bond donors (Lipinski definition) is 0. The highest BCUT2D eigenvalue weighted by Gasteiger charge is 2.43. The Labute approximate surface area is 243 Å². The maximum Gasteiger partial charge on any atom is 0.410 e. The molecule has 6 rings (SSSR count). The van der Waals surface area contributed by atoms with E-state index in [2.05, 4.69) is 76.7 Å². The molecule has 0 spiro atoms. The standard InChI is InChI=1S/C33H40N4O2S/c1-34(2)31-16-15-30(40-36-19-17-27(18-20-36)26-11-7-4-8-12-26)21-32(31)37-28-13-14-29(37)23-35(22-28)33(38)39-24-25-9-5-3-6-10-25/h3-12,15-16,21,27-29H,13-14,17-20,22-24H2,1-2H3. The van der Waals surface area contributed by atoms with Gasteiger partial charge in [-0.3, -0.25) is 0 Å². The van der Waals surface area contributed by atoms with E-state index in [0.29, 0.717) is 37.7 Å². The zero-order chi connectivity index (χ0) is 27.5. The van der Waals surface area contributed by atoms with Crippen molar-refractivity contribution in [3.63, 3.8) is 0 Å². The molecule has 3 aliphatic heterocycles. The number of piperidine rings is 1. The molecular weight excluding hydrogens is 516 g/mol. The number of ether oxygens (including phenoxy) is 1. The third kappa shape index (κ3) is 5.96. The second-order valence-electron chi connectivity index (χ2n) is 11.5. The quantitative estimate of drug-likeness (QED) is 0.304. The molecule has 3 saturated heterocycles. The summed E-state index contributed by atoms with van der Waals surface area (Å²) in [7, 11) is 4.25. The van der Waals surface area contributed by atoms with Gasteiger partial charge in [-0.25, -0.2) is 9.10 Å². The lowest BCUT2D eigenvalue weighted by molar-refractivity contribution is 0.0881. The van der Waals surface area contributed by atoms with Crippen LogP contribution in [0.1, 0.15) is 42.7 Å². The van der Waals surface area contributed by atoms with E-state index in [-0.39, 0.29) is 6.09 Å². The summed E-state index contributed by atoms with van der Waals surface area (Å²) in [5, 5.41) is 0. The Hall–Kier alpha value is -3.16. The first kappa shape index (κ1) is 27.0. The van der Waals surface area contributed by atoms with Gasteiger partial charge in [0.05, 0.1) is 11.4 Å². The Morgan fingerprint density at radius 1 is 0.875 bits per heavy atom. The van der Waals surface area contributed by atoms with Crippen molar-refractivity contribution in [2.24, 2.45) is 0 Å². The van der Waals surface area contributed by atoms with E-state index in [1.807, 2.05) is 47.2 Å². The van der Waals surface area contributed by atoms with E-state index in [4.69, 9.17) is 4.74 Å². The Bertz CT molecular complexity index is 1270. The maximum absolute atomic E-state index is 13.0. The summed E-state index contributed by atoms with van der Waals surface area (Å²) in [4.78, 5) is 21.0. The number of hydrogen-bond acceptors (Lipinski definition) is 6. The van der Waals surface area contributed by atoms with Crippen molar-refractivity contribution >= 4 is 29.4 Å². The van der Waals surface area contributed by atoms with E-state index in [1.165, 1.54) is 34.7 Å². The van der Waals surface area contributed by atoms with E-state index in [9.17, 15) is 4.79 Å². The first-order chi connectivity index (χ1) is 19.5. The number of anilines is 2. The molecule has 2 atom stereocenters. The highest BCUT2D eigenvalue weighted by atomic mass is 32.2. The molecule has 0 N–H and O–H groups in total. The highest BCUT2D eigenvalue weighted by molar-refractivity contribution is 7.97. The SMILES string of the molecule is CN(C)c1ccc(SN2CCC(c3ccccc3)CC2)cc1N1C2CCC1CN(C(=O)OCc1ccccc1)C2. The summed E-state index contributed by atoms with van der Waals surface area (Å²) in [6.07, 6.45) is 4.41. The lowest BCUT2D eigenvalue weighted by atomic mass is 9.90. The second kappa shape index (κ2) is 12.1. The summed E-state index contributed by atoms with van der Waals surface area (Å²) in [5.74, 6) is 0.663. The Morgan fingerprint density at radius 2 is 1.52 bits per heavy atom. The van der Waals surface area contributed by atoms with Crippen LogP contribution >= 0.6 is 11.9 Å². The number of piperazine rings is 1. The number of rotatable bonds is 7. The molecule has 7 heteroatoms. The van der Waals surface area contributed by atoms with Crippen LogP contribution in [0, 0.1) is 0 Å². The predicted octanol–water partition coefficient (Wildman–Crippen LogP) is 6.63. The molecule has 6 nitrogen and oxygen atoms in total. The van der Waals surface area contributed by atoms with Gasteiger partial charge in [0.1, 0.15) is 6.61 Å². The van der Waals surface area contributed by atoms with Crippen LogP contribution in [0.15, 0.2) is 83.8 Å². The van der Waals surface area contributed by atoms with Crippen LogP contribution in [-0.2, 0) is 11.3 Å². The summed E-state index contributed by atoms with van der Waals surface area (Å²) in [5.41, 5.74) is 5.03. The van der Waals surface area contributed by atoms with Gasteiger partial charge in [-0.05, 0) is 72.9 Å². The van der Waals surface area contributed by atoms with Gasteiger partial charge in [0, 0.05) is 57.3 Å². The second-order valence-corrected chi connectivity index (χ2v) is 12.7. The van der Waals surface area contributed by atoms with Crippen molar-refractivity contribution in [3.8, 4) is 0 Å². The molecule has 210 valence electrons. The number of carbonyl (C=O) groups is 1. The van der Waals surface area contributed by atoms with Crippen molar-refractivity contribution < 1.29 is 9.53 Å². The average molecular weight is 557 g/mol. The van der Waals surface area contributed by atoms with Gasteiger partial charge in [0.2, 0.25) is 0 Å². The van der Waals surface area contributed by atoms with Gasteiger partial charge in [0.15, 0.2) is 0 Å². The summed E-state index contributed by atoms with van der Waals surface area (Å²) in [6.45, 7) is 3.94. The maximum atomic E-state index is 13.0. The minimum atomic E-state index is -0.198. The van der Waals surface area contributed by atoms with Crippen molar-refractivity contribution in [1.82, 2.24) is 9.21 Å². The largest absolute Gasteiger partial charge is 0.445 e. The first-order valence-electron chi connectivity index (χ1n) is 14.6. The fraction of sp³-hybridized carbons (Fsp3) is 0.424. The monoisotopic (exact) mass is 556 g/mol. The molecule has 3 aromatic carbocycles. The van der Waals surface area contributed by atoms with Gasteiger partial charge in [-0.2, -0.15) is 0 Å². The topological polar surface area (TPSA) is 39.3 Å². The zero-order valence-electron chi connectivity index (χ0n) is 23.6. The number of benzene rings is 3. The lowest BCUT2D eigenvalue weighted by Crippen LogP contribution is -2.55. The third-order valence-electron chi connectivity index (χ3n) is 8.61. The molecule has 3 aliphatic rings. The van der Waals surface area contributed by atoms with Crippen molar-refractivity contribution in [3.05, 3.63) is 90.0 Å². The molecule has 0 aromatic heterocycles. The fourth-order valence-electron chi connectivity index (χ4n) is 6.56. The summed E-state index contributed by atoms with van der Waals surface area (Å²) in [6, 6.07) is 28.4. The Kier molecular flexibility index (Phi) is 8.21. The van der Waals surface area contributed by atoms with Crippen molar-refractivity contribution in [2.45, 2.75) is 55.2 Å². The van der Waals surface area contributed by atoms with E-state index in [1.54, 1.807) is 0 Å². The van der Waals surface area contributed by atoms with Gasteiger partial charge in [-0.15, -0.1) is 0 Å². The number of likely N-dealkylation sites (tertiary alicyclic amines) is 1. The molecule has 40 heavy (non-hydrogen) atoms. The Morgan fingerprint density at radius 3 is 2.17 bits per heavy atom. The average Bonchev–Trinajstić information content (AvgIpc) is 3.25. The van der Waals surface area contributed by atoms with Crippen LogP contribution in [0.4, 0.5) is 16.2 Å². The van der Waals surface area contributed by atoms with E-state index >= 15 is 0 Å². The van der Waals surface area contributed by atoms with Crippen molar-refractivity contribution in [2.75, 3.05) is 50.1 Å². The van der Waals surface area contributed by atoms with Gasteiger partial charge in [-0.1, -0.05) is 60.7 Å². The van der Waals surface area contributed by atoms with Crippen LogP contribution in [0.2, 0.25) is 0 Å². The molecule has 3 heterocycles. The molecular formula is C33H40N4O2S. The minimum Gasteiger partial charge on any atom is -0.445 e. The van der Waals surface area contributed by atoms with Crippen LogP contribution in [0.3, 0.4) is 0 Å². The number of nitrogens with zero attached hydrogens (tertiary/aromatic N) is 4.